The molecule has 0 atom stereocenters. The molecule has 1 aromatic rings. The lowest BCUT2D eigenvalue weighted by Crippen LogP contribution is -2.09. The Kier molecular flexibility index (Phi) is 2.25. The van der Waals surface area contributed by atoms with Gasteiger partial charge in [-0.25, -0.2) is 18.4 Å². The highest BCUT2D eigenvalue weighted by Crippen LogP contribution is 2.15. The summed E-state index contributed by atoms with van der Waals surface area (Å²) in [4.78, 5) is 7.53. The van der Waals surface area contributed by atoms with Gasteiger partial charge in [0.2, 0.25) is 5.95 Å². The van der Waals surface area contributed by atoms with Crippen molar-refractivity contribution in [3.63, 3.8) is 0 Å². The summed E-state index contributed by atoms with van der Waals surface area (Å²) in [5.41, 5.74) is 6.48. The van der Waals surface area contributed by atoms with E-state index in [1.165, 1.54) is 0 Å². The molecule has 5 nitrogen and oxygen atoms in total. The summed E-state index contributed by atoms with van der Waals surface area (Å²) in [6.45, 7) is 3.35. The Morgan fingerprint density at radius 2 is 1.77 bits per heavy atom. The first-order chi connectivity index (χ1) is 5.82. The predicted molar refractivity (Wildman–Crippen MR) is 49.0 cm³/mol. The first-order valence-electron chi connectivity index (χ1n) is 3.63. The first-order valence-corrected chi connectivity index (χ1v) is 5.52. The second-order valence-corrected chi connectivity index (χ2v) is 4.80. The van der Waals surface area contributed by atoms with E-state index in [4.69, 9.17) is 5.73 Å². The van der Waals surface area contributed by atoms with Crippen LogP contribution in [0, 0.1) is 13.8 Å². The van der Waals surface area contributed by atoms with Crippen molar-refractivity contribution in [2.45, 2.75) is 18.9 Å². The molecule has 0 amide bonds. The molecule has 0 aliphatic rings. The molecule has 72 valence electrons. The molecule has 1 heterocycles. The molecule has 0 fully saturated rings. The van der Waals surface area contributed by atoms with Gasteiger partial charge in [0.25, 0.3) is 0 Å². The maximum atomic E-state index is 11.2. The molecule has 0 saturated heterocycles. The summed E-state index contributed by atoms with van der Waals surface area (Å²) < 4.78 is 22.4. The van der Waals surface area contributed by atoms with E-state index in [2.05, 4.69) is 9.97 Å². The van der Waals surface area contributed by atoms with Crippen molar-refractivity contribution < 1.29 is 8.42 Å². The molecule has 0 unspecified atom stereocenters. The van der Waals surface area contributed by atoms with E-state index in [1.807, 2.05) is 0 Å². The molecule has 0 aromatic carbocycles. The van der Waals surface area contributed by atoms with E-state index in [-0.39, 0.29) is 11.0 Å². The molecule has 6 heteroatoms. The number of nitrogen functional groups attached to an aromatic ring is 1. The summed E-state index contributed by atoms with van der Waals surface area (Å²) in [6.07, 6.45) is 1.10. The number of anilines is 1. The smallest absolute Gasteiger partial charge is 0.221 e. The van der Waals surface area contributed by atoms with E-state index >= 15 is 0 Å². The standard InChI is InChI=1S/C7H11N3O2S/c1-4-5(2)9-7(8)10-6(4)13(3,11)12/h1-3H3,(H2,8,9,10). The van der Waals surface area contributed by atoms with E-state index in [0.717, 1.165) is 6.26 Å². The Labute approximate surface area is 76.9 Å². The highest BCUT2D eigenvalue weighted by atomic mass is 32.2. The highest BCUT2D eigenvalue weighted by molar-refractivity contribution is 7.90. The van der Waals surface area contributed by atoms with Crippen LogP contribution in [-0.2, 0) is 9.84 Å². The number of aromatic nitrogens is 2. The number of sulfone groups is 1. The maximum absolute atomic E-state index is 11.2. The van der Waals surface area contributed by atoms with Crippen LogP contribution < -0.4 is 5.73 Å². The van der Waals surface area contributed by atoms with Gasteiger partial charge in [0.05, 0.1) is 0 Å². The molecule has 0 aliphatic carbocycles. The third-order valence-electron chi connectivity index (χ3n) is 1.71. The molecular weight excluding hydrogens is 190 g/mol. The van der Waals surface area contributed by atoms with E-state index in [0.29, 0.717) is 11.3 Å². The van der Waals surface area contributed by atoms with Crippen LogP contribution in [0.5, 0.6) is 0 Å². The van der Waals surface area contributed by atoms with Gasteiger partial charge in [-0.05, 0) is 13.8 Å². The average Bonchev–Trinajstić information content (AvgIpc) is 1.94. The molecule has 1 aromatic heterocycles. The second-order valence-electron chi connectivity index (χ2n) is 2.87. The van der Waals surface area contributed by atoms with Crippen LogP contribution in [0.15, 0.2) is 5.03 Å². The van der Waals surface area contributed by atoms with E-state index in [9.17, 15) is 8.42 Å². The van der Waals surface area contributed by atoms with Crippen molar-refractivity contribution in [1.29, 1.82) is 0 Å². The zero-order chi connectivity index (χ0) is 10.2. The van der Waals surface area contributed by atoms with Crippen LogP contribution in [0.3, 0.4) is 0 Å². The van der Waals surface area contributed by atoms with Crippen LogP contribution in [0.4, 0.5) is 5.95 Å². The minimum absolute atomic E-state index is 0.0106. The molecular formula is C7H11N3O2S. The minimum Gasteiger partial charge on any atom is -0.368 e. The van der Waals surface area contributed by atoms with Crippen molar-refractivity contribution in [3.05, 3.63) is 11.3 Å². The lowest BCUT2D eigenvalue weighted by atomic mass is 10.3. The van der Waals surface area contributed by atoms with Gasteiger partial charge in [0, 0.05) is 17.5 Å². The van der Waals surface area contributed by atoms with Gasteiger partial charge in [-0.15, -0.1) is 0 Å². The molecule has 13 heavy (non-hydrogen) atoms. The van der Waals surface area contributed by atoms with Gasteiger partial charge in [-0.2, -0.15) is 0 Å². The van der Waals surface area contributed by atoms with E-state index in [1.54, 1.807) is 13.8 Å². The molecule has 2 N–H and O–H groups in total. The fraction of sp³-hybridized carbons (Fsp3) is 0.429. The fourth-order valence-corrected chi connectivity index (χ4v) is 1.95. The largest absolute Gasteiger partial charge is 0.368 e. The number of nitrogens with zero attached hydrogens (tertiary/aromatic N) is 2. The summed E-state index contributed by atoms with van der Waals surface area (Å²) in [5, 5.41) is 0.0116. The number of hydrogen-bond donors (Lipinski definition) is 1. The summed E-state index contributed by atoms with van der Waals surface area (Å²) in [7, 11) is -3.31. The lowest BCUT2D eigenvalue weighted by Gasteiger charge is -2.05. The third-order valence-corrected chi connectivity index (χ3v) is 2.81. The first kappa shape index (κ1) is 9.91. The van der Waals surface area contributed by atoms with Crippen LogP contribution >= 0.6 is 0 Å². The quantitative estimate of drug-likeness (QED) is 0.650. The van der Waals surface area contributed by atoms with E-state index < -0.39 is 9.84 Å². The third kappa shape index (κ3) is 1.95. The SMILES string of the molecule is Cc1nc(N)nc(S(C)(=O)=O)c1C. The number of aryl methyl sites for hydroxylation is 1. The zero-order valence-corrected chi connectivity index (χ0v) is 8.51. The molecule has 0 bridgehead atoms. The van der Waals surface area contributed by atoms with Crippen LogP contribution in [0.1, 0.15) is 11.3 Å². The molecule has 0 aliphatic heterocycles. The van der Waals surface area contributed by atoms with Crippen LogP contribution in [0.25, 0.3) is 0 Å². The Morgan fingerprint density at radius 3 is 2.23 bits per heavy atom. The van der Waals surface area contributed by atoms with Gasteiger partial charge >= 0.3 is 0 Å². The molecule has 0 radical (unpaired) electrons. The fourth-order valence-electron chi connectivity index (χ4n) is 0.984. The summed E-state index contributed by atoms with van der Waals surface area (Å²) in [5.74, 6) is -0.0106. The normalized spacial score (nSPS) is 11.6. The maximum Gasteiger partial charge on any atom is 0.221 e. The van der Waals surface area contributed by atoms with Crippen molar-refractivity contribution >= 4 is 15.8 Å². The lowest BCUT2D eigenvalue weighted by molar-refractivity contribution is 0.597. The van der Waals surface area contributed by atoms with Gasteiger partial charge in [-0.3, -0.25) is 0 Å². The predicted octanol–water partition coefficient (Wildman–Crippen LogP) is 0.0791. The van der Waals surface area contributed by atoms with Gasteiger partial charge in [-0.1, -0.05) is 0 Å². The van der Waals surface area contributed by atoms with Crippen LogP contribution in [-0.4, -0.2) is 24.6 Å². The van der Waals surface area contributed by atoms with Crippen molar-refractivity contribution in [1.82, 2.24) is 9.97 Å². The molecule has 0 spiro atoms. The van der Waals surface area contributed by atoms with Gasteiger partial charge < -0.3 is 5.73 Å². The minimum atomic E-state index is -3.31. The van der Waals surface area contributed by atoms with Crippen molar-refractivity contribution in [2.24, 2.45) is 0 Å². The molecule has 0 saturated carbocycles. The zero-order valence-electron chi connectivity index (χ0n) is 7.70. The monoisotopic (exact) mass is 201 g/mol. The Balaban J connectivity index is 3.56. The topological polar surface area (TPSA) is 85.9 Å². The van der Waals surface area contributed by atoms with Crippen molar-refractivity contribution in [3.8, 4) is 0 Å². The molecule has 1 rings (SSSR count). The highest BCUT2D eigenvalue weighted by Gasteiger charge is 2.15. The second kappa shape index (κ2) is 2.95. The number of nitrogens with two attached hydrogens (primary N) is 1. The Hall–Kier alpha value is -1.17. The number of hydrogen-bond acceptors (Lipinski definition) is 5. The van der Waals surface area contributed by atoms with Crippen LogP contribution in [0.2, 0.25) is 0 Å². The Bertz CT molecular complexity index is 439. The van der Waals surface area contributed by atoms with Gasteiger partial charge in [0.15, 0.2) is 14.9 Å². The number of rotatable bonds is 1. The average molecular weight is 201 g/mol. The summed E-state index contributed by atoms with van der Waals surface area (Å²) >= 11 is 0. The summed E-state index contributed by atoms with van der Waals surface area (Å²) in [6, 6.07) is 0. The van der Waals surface area contributed by atoms with Crippen molar-refractivity contribution in [2.75, 3.05) is 12.0 Å². The Morgan fingerprint density at radius 1 is 1.23 bits per heavy atom. The van der Waals surface area contributed by atoms with Gasteiger partial charge in [0.1, 0.15) is 0 Å².